The standard InChI is InChI=1S/C107H146N12O17/c1-72-33-31-36-82(59-72)94-65-117(115-113-94)68-97-78(7)76(5)80(9)106(136-97)132-71-92(134-104(127)81-34-19-15-20-35-81)63-111-99(122)44-25-18-30-58-109-103(126)93(55-56-100(123)108-57-29-17-24-43-98(121)110-62-74(3)69-131-105-79(8)75(4)77(6)96(135-105)67-118-66-95(114-116-118)83-37-32-42-91(61-83)130-12)112-101(124)45-28-27-41-88(120)40-23-13-14-26-46-102(125)119-64-73(2)60-87(119)70-133-107(84-38-21-16-22-39-84,85-47-51-89(128-10)52-48-85)86-49-53-90(129-11)54-50-86/h15-16,19-22,31-39,42,47-54,59,61,65-66,73-80,87,92-93,96-97,105-106H,13-14,17-18,23-30,40-41,43-46,55-58,60,62-64,67-71H2,1-12H3,(H,108,123)(H,109,126)(H,110,121)(H,111,122)(H,112,124)/t73-,74?,75?,76?,77?,78?,79?,80?,87+,92?,93+,96?,97?,105?,106?/m1/s1. The topological polar surface area (TPSA) is 344 Å². The molecule has 2 aromatic heterocycles. The Hall–Kier alpha value is -11.2. The summed E-state index contributed by atoms with van der Waals surface area (Å²) in [5.74, 6) is 1.76. The Labute approximate surface area is 803 Å². The van der Waals surface area contributed by atoms with E-state index in [0.717, 1.165) is 81.3 Å². The average Bonchev–Trinajstić information content (AvgIpc) is 0.983. The lowest BCUT2D eigenvalue weighted by molar-refractivity contribution is -0.256. The zero-order valence-electron chi connectivity index (χ0n) is 81.8. The van der Waals surface area contributed by atoms with Crippen LogP contribution in [0.1, 0.15) is 223 Å². The van der Waals surface area contributed by atoms with Crippen LogP contribution in [-0.4, -0.2) is 199 Å². The number of methoxy groups -OCH3 is 3. The van der Waals surface area contributed by atoms with E-state index >= 15 is 0 Å². The van der Waals surface area contributed by atoms with Gasteiger partial charge in [0.2, 0.25) is 35.4 Å². The fraction of sp³-hybridized carbons (Fsp3) is 0.551. The van der Waals surface area contributed by atoms with E-state index in [1.807, 2.05) is 151 Å². The van der Waals surface area contributed by atoms with Crippen LogP contribution in [0.5, 0.6) is 17.2 Å². The summed E-state index contributed by atoms with van der Waals surface area (Å²) in [7, 11) is 4.93. The first-order valence-corrected chi connectivity index (χ1v) is 49.3. The van der Waals surface area contributed by atoms with Crippen LogP contribution < -0.4 is 40.8 Å². The molecule has 6 aromatic carbocycles. The maximum atomic E-state index is 14.1. The van der Waals surface area contributed by atoms with Crippen LogP contribution >= 0.6 is 0 Å². The number of esters is 1. The first-order valence-electron chi connectivity index (χ1n) is 49.3. The van der Waals surface area contributed by atoms with Crippen molar-refractivity contribution in [1.29, 1.82) is 0 Å². The number of rotatable bonds is 56. The van der Waals surface area contributed by atoms with Gasteiger partial charge in [-0.1, -0.05) is 200 Å². The third-order valence-corrected chi connectivity index (χ3v) is 27.3. The Morgan fingerprint density at radius 2 is 0.971 bits per heavy atom. The predicted octanol–water partition coefficient (Wildman–Crippen LogP) is 16.0. The molecule has 3 aliphatic rings. The molecule has 136 heavy (non-hydrogen) atoms. The lowest BCUT2D eigenvalue weighted by Gasteiger charge is -2.43. The maximum Gasteiger partial charge on any atom is 0.338 e. The Bertz CT molecular complexity index is 4990. The molecule has 0 bridgehead atoms. The highest BCUT2D eigenvalue weighted by Crippen LogP contribution is 2.44. The number of hydrogen-bond donors (Lipinski definition) is 5. The van der Waals surface area contributed by atoms with E-state index in [9.17, 15) is 38.4 Å². The van der Waals surface area contributed by atoms with Gasteiger partial charge in [-0.05, 0) is 178 Å². The van der Waals surface area contributed by atoms with Crippen LogP contribution in [0.3, 0.4) is 0 Å². The van der Waals surface area contributed by atoms with Crippen molar-refractivity contribution in [3.8, 4) is 39.8 Å². The molecule has 6 amide bonds. The van der Waals surface area contributed by atoms with E-state index in [4.69, 9.17) is 42.6 Å². The van der Waals surface area contributed by atoms with Crippen LogP contribution in [0.4, 0.5) is 0 Å². The Morgan fingerprint density at radius 3 is 1.55 bits per heavy atom. The molecule has 0 spiro atoms. The summed E-state index contributed by atoms with van der Waals surface area (Å²) in [6, 6.07) is 49.3. The third-order valence-electron chi connectivity index (χ3n) is 27.3. The molecule has 5 N–H and O–H groups in total. The largest absolute Gasteiger partial charge is 0.497 e. The van der Waals surface area contributed by atoms with Crippen LogP contribution in [0.15, 0.2) is 170 Å². The summed E-state index contributed by atoms with van der Waals surface area (Å²) in [6.45, 7) is 22.6. The first kappa shape index (κ1) is 105. The molecule has 29 heteroatoms. The summed E-state index contributed by atoms with van der Waals surface area (Å²) in [4.78, 5) is 111. The van der Waals surface area contributed by atoms with Gasteiger partial charge in [0, 0.05) is 94.1 Å². The zero-order chi connectivity index (χ0) is 96.9. The lowest BCUT2D eigenvalue weighted by Crippen LogP contribution is -2.48. The molecule has 0 saturated carbocycles. The van der Waals surface area contributed by atoms with Crippen LogP contribution in [0.25, 0.3) is 22.5 Å². The molecule has 3 fully saturated rings. The summed E-state index contributed by atoms with van der Waals surface area (Å²) >= 11 is 0. The Morgan fingerprint density at radius 1 is 0.478 bits per heavy atom. The van der Waals surface area contributed by atoms with Crippen molar-refractivity contribution >= 4 is 47.2 Å². The minimum atomic E-state index is -1.03. The van der Waals surface area contributed by atoms with Crippen LogP contribution in [0, 0.1) is 54.3 Å². The molecule has 0 aliphatic carbocycles. The van der Waals surface area contributed by atoms with Crippen LogP contribution in [-0.2, 0) is 80.7 Å². The second kappa shape index (κ2) is 54.0. The molecule has 15 atom stereocenters. The van der Waals surface area contributed by atoms with E-state index in [1.54, 1.807) is 50.3 Å². The summed E-state index contributed by atoms with van der Waals surface area (Å²) in [6.07, 6.45) is 11.3. The SMILES string of the molecule is COc1ccc(C(OC[C@@H]2C[C@@H](C)CN2C(=O)CCCCCCC(=O)CCCCC(=O)N[C@@H](CCC(=O)NCCCCCC(=O)NCC(C)COC2OC(Cn3cc(-c4cccc(OC)c4)nn3)C(C)C(C)C2C)C(=O)NCCCCCC(=O)NCC(COC2OC(Cn3cc(-c4cccc(C)c4)nn3)C(C)C(C)C2C)OC(=O)c2ccccc2)(c2ccccc2)c2ccc(OC)cc2)cc1. The van der Waals surface area contributed by atoms with E-state index in [2.05, 4.69) is 114 Å². The number of ether oxygens (including phenoxy) is 9. The number of nitrogens with zero attached hydrogens (tertiary/aromatic N) is 7. The number of Topliss-reactive ketones (excluding diaryl/α,β-unsaturated/α-hetero) is 1. The van der Waals surface area contributed by atoms with Gasteiger partial charge in [-0.25, -0.2) is 14.2 Å². The molecule has 29 nitrogen and oxygen atoms in total. The maximum absolute atomic E-state index is 14.1. The minimum absolute atomic E-state index is 0.0149. The van der Waals surface area contributed by atoms with Crippen molar-refractivity contribution in [2.75, 3.05) is 73.9 Å². The third kappa shape index (κ3) is 31.7. The second-order valence-corrected chi connectivity index (χ2v) is 37.7. The number of aryl methyl sites for hydroxylation is 1. The number of hydrogen-bond acceptors (Lipinski definition) is 21. The lowest BCUT2D eigenvalue weighted by atomic mass is 9.79. The first-order chi connectivity index (χ1) is 65.8. The number of ketones is 1. The van der Waals surface area contributed by atoms with Gasteiger partial charge in [0.05, 0.1) is 97.0 Å². The van der Waals surface area contributed by atoms with E-state index in [0.29, 0.717) is 153 Å². The fourth-order valence-corrected chi connectivity index (χ4v) is 18.3. The summed E-state index contributed by atoms with van der Waals surface area (Å²) < 4.78 is 59.5. The molecule has 0 radical (unpaired) electrons. The van der Waals surface area contributed by atoms with Crippen molar-refractivity contribution in [1.82, 2.24) is 61.5 Å². The molecule has 5 heterocycles. The van der Waals surface area contributed by atoms with Gasteiger partial charge in [0.1, 0.15) is 52.2 Å². The Balaban J connectivity index is 0.601. The highest BCUT2D eigenvalue weighted by Gasteiger charge is 2.45. The number of amides is 6. The van der Waals surface area contributed by atoms with E-state index in [-0.39, 0.29) is 134 Å². The van der Waals surface area contributed by atoms with E-state index in [1.165, 1.54) is 0 Å². The van der Waals surface area contributed by atoms with Crippen LogP contribution in [0.2, 0.25) is 0 Å². The summed E-state index contributed by atoms with van der Waals surface area (Å²) in [5.41, 5.74) is 6.65. The Kier molecular flexibility index (Phi) is 41.8. The molecular formula is C107H146N12O17. The van der Waals surface area contributed by atoms with Crippen molar-refractivity contribution in [3.05, 3.63) is 198 Å². The fourth-order valence-electron chi connectivity index (χ4n) is 18.3. The monoisotopic (exact) mass is 1870 g/mol. The summed E-state index contributed by atoms with van der Waals surface area (Å²) in [5, 5.41) is 32.5. The number of unbranched alkanes of at least 4 members (excludes halogenated alkanes) is 8. The highest BCUT2D eigenvalue weighted by atomic mass is 16.7. The molecule has 11 rings (SSSR count). The van der Waals surface area contributed by atoms with Crippen molar-refractivity contribution in [2.24, 2.45) is 47.3 Å². The van der Waals surface area contributed by atoms with Gasteiger partial charge >= 0.3 is 5.97 Å². The molecule has 12 unspecified atom stereocenters. The predicted molar refractivity (Wildman–Crippen MR) is 520 cm³/mol. The second-order valence-electron chi connectivity index (χ2n) is 37.7. The molecule has 736 valence electrons. The smallest absolute Gasteiger partial charge is 0.338 e. The number of aromatic nitrogens is 6. The minimum Gasteiger partial charge on any atom is -0.497 e. The zero-order valence-corrected chi connectivity index (χ0v) is 81.8. The normalized spacial score (nSPS) is 20.6. The molecule has 3 aliphatic heterocycles. The number of nitrogens with one attached hydrogen (secondary N) is 5. The van der Waals surface area contributed by atoms with Gasteiger partial charge in [-0.15, -0.1) is 10.2 Å². The van der Waals surface area contributed by atoms with Gasteiger partial charge in [0.25, 0.3) is 0 Å². The number of likely N-dealkylation sites (tertiary alicyclic amines) is 1. The number of benzene rings is 6. The van der Waals surface area contributed by atoms with Crippen molar-refractivity contribution in [3.63, 3.8) is 0 Å². The van der Waals surface area contributed by atoms with Crippen molar-refractivity contribution in [2.45, 2.75) is 259 Å². The van der Waals surface area contributed by atoms with Gasteiger partial charge in [-0.3, -0.25) is 33.6 Å². The number of carbonyl (C=O) groups excluding carboxylic acids is 8. The average molecular weight is 1870 g/mol. The number of carbonyl (C=O) groups is 8. The van der Waals surface area contributed by atoms with E-state index < -0.39 is 42.2 Å². The van der Waals surface area contributed by atoms with Crippen molar-refractivity contribution < 1.29 is 81.0 Å². The van der Waals surface area contributed by atoms with Gasteiger partial charge in [0.15, 0.2) is 12.6 Å². The molecule has 3 saturated heterocycles. The molecule has 8 aromatic rings. The quantitative estimate of drug-likeness (QED) is 0.0134. The van der Waals surface area contributed by atoms with Gasteiger partial charge < -0.3 is 74.1 Å². The highest BCUT2D eigenvalue weighted by molar-refractivity contribution is 5.90. The van der Waals surface area contributed by atoms with Gasteiger partial charge in [-0.2, -0.15) is 0 Å². The molecular weight excluding hydrogens is 1730 g/mol.